The van der Waals surface area contributed by atoms with Gasteiger partial charge < -0.3 is 10.6 Å². The first-order valence-electron chi connectivity index (χ1n) is 8.49. The van der Waals surface area contributed by atoms with Crippen LogP contribution in [0, 0.1) is 0 Å². The van der Waals surface area contributed by atoms with Gasteiger partial charge in [-0.2, -0.15) is 0 Å². The maximum Gasteiger partial charge on any atom is 0.250 e. The zero-order valence-electron chi connectivity index (χ0n) is 15.3. The minimum atomic E-state index is -3.43. The first-order chi connectivity index (χ1) is 12.4. The number of hydrogen-bond donors (Lipinski definition) is 3. The quantitative estimate of drug-likeness (QED) is 0.365. The molecule has 0 aliphatic rings. The summed E-state index contributed by atoms with van der Waals surface area (Å²) in [6, 6.07) is 13.8. The lowest BCUT2D eigenvalue weighted by molar-refractivity contribution is 0.549. The van der Waals surface area contributed by atoms with Crippen LogP contribution in [0.3, 0.4) is 0 Å². The van der Waals surface area contributed by atoms with Crippen LogP contribution >= 0.6 is 11.3 Å². The smallest absolute Gasteiger partial charge is 0.250 e. The van der Waals surface area contributed by atoms with Gasteiger partial charge in [-0.05, 0) is 23.9 Å². The van der Waals surface area contributed by atoms with E-state index in [9.17, 15) is 8.42 Å². The topological polar surface area (TPSA) is 82.6 Å². The molecule has 0 amide bonds. The third-order valence-corrected chi connectivity index (χ3v) is 6.99. The highest BCUT2D eigenvalue weighted by atomic mass is 32.2. The largest absolute Gasteiger partial charge is 0.355 e. The molecule has 142 valence electrons. The molecule has 2 aromatic rings. The molecule has 2 rings (SSSR count). The van der Waals surface area contributed by atoms with Crippen LogP contribution < -0.4 is 15.4 Å². The summed E-state index contributed by atoms with van der Waals surface area (Å²) in [6.07, 6.45) is 0. The van der Waals surface area contributed by atoms with Crippen LogP contribution in [0.15, 0.2) is 57.0 Å². The van der Waals surface area contributed by atoms with Crippen LogP contribution in [0.4, 0.5) is 0 Å². The molecule has 2 atom stereocenters. The molecule has 26 heavy (non-hydrogen) atoms. The summed E-state index contributed by atoms with van der Waals surface area (Å²) in [4.78, 5) is 4.21. The van der Waals surface area contributed by atoms with Crippen LogP contribution in [0.5, 0.6) is 0 Å². The number of sulfonamides is 1. The Balaban J connectivity index is 1.79. The maximum atomic E-state index is 12.1. The molecule has 0 aliphatic heterocycles. The lowest BCUT2D eigenvalue weighted by Crippen LogP contribution is -2.46. The molecule has 0 fully saturated rings. The van der Waals surface area contributed by atoms with Crippen molar-refractivity contribution in [1.29, 1.82) is 0 Å². The predicted molar refractivity (Wildman–Crippen MR) is 108 cm³/mol. The van der Waals surface area contributed by atoms with E-state index in [1.807, 2.05) is 18.2 Å². The number of hydrogen-bond acceptors (Lipinski definition) is 4. The molecule has 8 heteroatoms. The van der Waals surface area contributed by atoms with Crippen molar-refractivity contribution >= 4 is 27.3 Å². The minimum Gasteiger partial charge on any atom is -0.355 e. The third-order valence-electron chi connectivity index (χ3n) is 4.13. The van der Waals surface area contributed by atoms with Gasteiger partial charge in [0.15, 0.2) is 5.96 Å². The van der Waals surface area contributed by atoms with E-state index in [2.05, 4.69) is 46.3 Å². The van der Waals surface area contributed by atoms with Gasteiger partial charge in [0.1, 0.15) is 4.21 Å². The van der Waals surface area contributed by atoms with E-state index in [4.69, 9.17) is 0 Å². The minimum absolute atomic E-state index is 0.173. The van der Waals surface area contributed by atoms with Gasteiger partial charge in [0.05, 0.1) is 0 Å². The molecule has 0 bridgehead atoms. The van der Waals surface area contributed by atoms with E-state index >= 15 is 0 Å². The van der Waals surface area contributed by atoms with E-state index in [-0.39, 0.29) is 12.6 Å². The molecule has 0 saturated carbocycles. The molecular formula is C18H26N4O2S2. The van der Waals surface area contributed by atoms with Gasteiger partial charge >= 0.3 is 0 Å². The van der Waals surface area contributed by atoms with Crippen LogP contribution in [-0.4, -0.2) is 40.6 Å². The fourth-order valence-corrected chi connectivity index (χ4v) is 4.50. The Bertz CT molecular complexity index is 790. The molecule has 0 spiro atoms. The van der Waals surface area contributed by atoms with Gasteiger partial charge in [-0.1, -0.05) is 43.3 Å². The monoisotopic (exact) mass is 394 g/mol. The Labute approximate surface area is 159 Å². The van der Waals surface area contributed by atoms with E-state index in [1.165, 1.54) is 16.9 Å². The number of nitrogens with zero attached hydrogens (tertiary/aromatic N) is 1. The SMILES string of the molecule is CN=C(NCCNS(=O)(=O)c1cccs1)NC(C)C(C)c1ccccc1. The highest BCUT2D eigenvalue weighted by molar-refractivity contribution is 7.91. The van der Waals surface area contributed by atoms with Gasteiger partial charge in [0.25, 0.3) is 0 Å². The molecular weight excluding hydrogens is 368 g/mol. The standard InChI is InChI=1S/C18H26N4O2S2/c1-14(16-8-5-4-6-9-16)15(2)22-18(19-3)20-11-12-21-26(23,24)17-10-7-13-25-17/h4-10,13-15,21H,11-12H2,1-3H3,(H2,19,20,22). The van der Waals surface area contributed by atoms with Gasteiger partial charge in [-0.3, -0.25) is 4.99 Å². The molecule has 6 nitrogen and oxygen atoms in total. The predicted octanol–water partition coefficient (Wildman–Crippen LogP) is 2.38. The van der Waals surface area contributed by atoms with Crippen molar-refractivity contribution in [2.24, 2.45) is 4.99 Å². The molecule has 1 aromatic carbocycles. The van der Waals surface area contributed by atoms with E-state index in [0.717, 1.165) is 0 Å². The Morgan fingerprint density at radius 3 is 2.46 bits per heavy atom. The summed E-state index contributed by atoms with van der Waals surface area (Å²) in [5, 5.41) is 8.24. The van der Waals surface area contributed by atoms with Crippen molar-refractivity contribution in [3.05, 3.63) is 53.4 Å². The molecule has 0 saturated heterocycles. The number of thiophene rings is 1. The molecule has 1 heterocycles. The number of benzene rings is 1. The number of guanidine groups is 1. The van der Waals surface area contributed by atoms with Crippen LogP contribution in [0.1, 0.15) is 25.3 Å². The number of nitrogens with one attached hydrogen (secondary N) is 3. The number of rotatable bonds is 8. The lowest BCUT2D eigenvalue weighted by atomic mass is 9.94. The van der Waals surface area contributed by atoms with E-state index in [0.29, 0.717) is 22.6 Å². The summed E-state index contributed by atoms with van der Waals surface area (Å²) in [5.74, 6) is 0.961. The average molecular weight is 395 g/mol. The Kier molecular flexibility index (Phi) is 7.62. The summed E-state index contributed by atoms with van der Waals surface area (Å²) in [7, 11) is -1.73. The summed E-state index contributed by atoms with van der Waals surface area (Å²) >= 11 is 1.20. The van der Waals surface area contributed by atoms with Crippen molar-refractivity contribution in [2.45, 2.75) is 30.0 Å². The summed E-state index contributed by atoms with van der Waals surface area (Å²) < 4.78 is 27.0. The second-order valence-electron chi connectivity index (χ2n) is 5.96. The second-order valence-corrected chi connectivity index (χ2v) is 8.90. The van der Waals surface area contributed by atoms with Crippen LogP contribution in [0.2, 0.25) is 0 Å². The van der Waals surface area contributed by atoms with Crippen molar-refractivity contribution in [2.75, 3.05) is 20.1 Å². The highest BCUT2D eigenvalue weighted by Gasteiger charge is 2.16. The molecule has 2 unspecified atom stereocenters. The first-order valence-corrected chi connectivity index (χ1v) is 10.9. The van der Waals surface area contributed by atoms with Crippen LogP contribution in [0.25, 0.3) is 0 Å². The molecule has 3 N–H and O–H groups in total. The average Bonchev–Trinajstić information content (AvgIpc) is 3.20. The highest BCUT2D eigenvalue weighted by Crippen LogP contribution is 2.18. The van der Waals surface area contributed by atoms with Crippen molar-refractivity contribution < 1.29 is 8.42 Å². The van der Waals surface area contributed by atoms with E-state index < -0.39 is 10.0 Å². The third kappa shape index (κ3) is 5.82. The van der Waals surface area contributed by atoms with Gasteiger partial charge in [0, 0.05) is 32.1 Å². The fraction of sp³-hybridized carbons (Fsp3) is 0.389. The zero-order chi connectivity index (χ0) is 19.0. The maximum absolute atomic E-state index is 12.1. The lowest BCUT2D eigenvalue weighted by Gasteiger charge is -2.24. The van der Waals surface area contributed by atoms with Crippen molar-refractivity contribution in [3.8, 4) is 0 Å². The molecule has 0 aliphatic carbocycles. The molecule has 0 radical (unpaired) electrons. The Morgan fingerprint density at radius 1 is 1.12 bits per heavy atom. The van der Waals surface area contributed by atoms with Gasteiger partial charge in [0.2, 0.25) is 10.0 Å². The molecule has 1 aromatic heterocycles. The fourth-order valence-electron chi connectivity index (χ4n) is 2.43. The Morgan fingerprint density at radius 2 is 1.85 bits per heavy atom. The Hall–Kier alpha value is -1.90. The summed E-state index contributed by atoms with van der Waals surface area (Å²) in [5.41, 5.74) is 1.26. The normalized spacial score (nSPS) is 14.7. The number of aliphatic imine (C=N–C) groups is 1. The van der Waals surface area contributed by atoms with E-state index in [1.54, 1.807) is 24.6 Å². The first kappa shape index (κ1) is 20.4. The van der Waals surface area contributed by atoms with Gasteiger partial charge in [-0.25, -0.2) is 13.1 Å². The second kappa shape index (κ2) is 9.70. The summed E-state index contributed by atoms with van der Waals surface area (Å²) in [6.45, 7) is 4.99. The van der Waals surface area contributed by atoms with Crippen molar-refractivity contribution in [3.63, 3.8) is 0 Å². The zero-order valence-corrected chi connectivity index (χ0v) is 16.9. The van der Waals surface area contributed by atoms with Crippen molar-refractivity contribution in [1.82, 2.24) is 15.4 Å². The van der Waals surface area contributed by atoms with Crippen LogP contribution in [-0.2, 0) is 10.0 Å². The van der Waals surface area contributed by atoms with Gasteiger partial charge in [-0.15, -0.1) is 11.3 Å².